The molecule has 0 fully saturated rings. The fourth-order valence-corrected chi connectivity index (χ4v) is 1.07. The third-order valence-corrected chi connectivity index (χ3v) is 1.77. The molecule has 0 bridgehead atoms. The Morgan fingerprint density at radius 2 is 2.23 bits per heavy atom. The molecule has 1 heteroatoms. The maximum atomic E-state index is 8.24. The first-order chi connectivity index (χ1) is 6.34. The third-order valence-electron chi connectivity index (χ3n) is 1.77. The van der Waals surface area contributed by atoms with Crippen molar-refractivity contribution in [1.29, 1.82) is 5.26 Å². The zero-order chi connectivity index (χ0) is 9.52. The summed E-state index contributed by atoms with van der Waals surface area (Å²) in [6.45, 7) is 3.92. The van der Waals surface area contributed by atoms with Crippen LogP contribution in [-0.4, -0.2) is 0 Å². The standard InChI is InChI=1S/C12H11N/c1-11-7-4-5-9-12(11)8-3-2-6-10-13/h2-9,12H,1H2. The quantitative estimate of drug-likeness (QED) is 0.460. The predicted octanol–water partition coefficient (Wildman–Crippen LogP) is 2.92. The van der Waals surface area contributed by atoms with Gasteiger partial charge in [-0.1, -0.05) is 49.1 Å². The lowest BCUT2D eigenvalue weighted by molar-refractivity contribution is 1.00. The minimum Gasteiger partial charge on any atom is -0.193 e. The largest absolute Gasteiger partial charge is 0.193 e. The van der Waals surface area contributed by atoms with Gasteiger partial charge in [0.15, 0.2) is 0 Å². The summed E-state index contributed by atoms with van der Waals surface area (Å²) >= 11 is 0. The van der Waals surface area contributed by atoms with Crippen molar-refractivity contribution in [2.75, 3.05) is 0 Å². The number of hydrogen-bond acceptors (Lipinski definition) is 1. The van der Waals surface area contributed by atoms with Gasteiger partial charge >= 0.3 is 0 Å². The van der Waals surface area contributed by atoms with Gasteiger partial charge in [0, 0.05) is 12.0 Å². The van der Waals surface area contributed by atoms with E-state index >= 15 is 0 Å². The summed E-state index contributed by atoms with van der Waals surface area (Å²) in [5, 5.41) is 8.24. The van der Waals surface area contributed by atoms with Crippen molar-refractivity contribution in [3.8, 4) is 6.07 Å². The third kappa shape index (κ3) is 2.96. The zero-order valence-electron chi connectivity index (χ0n) is 7.35. The van der Waals surface area contributed by atoms with Crippen molar-refractivity contribution in [3.05, 3.63) is 60.8 Å². The van der Waals surface area contributed by atoms with Gasteiger partial charge in [-0.15, -0.1) is 0 Å². The highest BCUT2D eigenvalue weighted by molar-refractivity contribution is 5.35. The SMILES string of the molecule is C=C1C=CC=CC1C=CC=CC#N. The first kappa shape index (κ1) is 9.28. The van der Waals surface area contributed by atoms with Crippen LogP contribution in [0.3, 0.4) is 0 Å². The van der Waals surface area contributed by atoms with Gasteiger partial charge in [-0.05, 0) is 5.57 Å². The van der Waals surface area contributed by atoms with Gasteiger partial charge in [0.1, 0.15) is 0 Å². The maximum Gasteiger partial charge on any atom is 0.0912 e. The molecule has 1 atom stereocenters. The van der Waals surface area contributed by atoms with E-state index < -0.39 is 0 Å². The normalized spacial score (nSPS) is 21.5. The van der Waals surface area contributed by atoms with Crippen LogP contribution in [0.2, 0.25) is 0 Å². The van der Waals surface area contributed by atoms with Crippen LogP contribution in [0.25, 0.3) is 0 Å². The molecule has 1 aliphatic rings. The second kappa shape index (κ2) is 4.95. The zero-order valence-corrected chi connectivity index (χ0v) is 7.35. The van der Waals surface area contributed by atoms with Gasteiger partial charge in [0.05, 0.1) is 6.07 Å². The van der Waals surface area contributed by atoms with Crippen molar-refractivity contribution >= 4 is 0 Å². The van der Waals surface area contributed by atoms with E-state index in [1.54, 1.807) is 6.08 Å². The van der Waals surface area contributed by atoms with Gasteiger partial charge in [0.25, 0.3) is 0 Å². The van der Waals surface area contributed by atoms with Crippen LogP contribution in [0, 0.1) is 17.2 Å². The van der Waals surface area contributed by atoms with E-state index in [1.807, 2.05) is 36.4 Å². The Hall–Kier alpha value is -1.81. The van der Waals surface area contributed by atoms with E-state index in [0.29, 0.717) is 0 Å². The van der Waals surface area contributed by atoms with Gasteiger partial charge in [-0.25, -0.2) is 0 Å². The Bertz CT molecular complexity index is 335. The highest BCUT2D eigenvalue weighted by Gasteiger charge is 2.03. The molecule has 0 aliphatic heterocycles. The van der Waals surface area contributed by atoms with Crippen LogP contribution in [0.5, 0.6) is 0 Å². The van der Waals surface area contributed by atoms with E-state index in [1.165, 1.54) is 6.08 Å². The lowest BCUT2D eigenvalue weighted by Crippen LogP contribution is -1.95. The molecule has 0 aromatic carbocycles. The molecule has 0 radical (unpaired) electrons. The fraction of sp³-hybridized carbons (Fsp3) is 0.0833. The molecule has 0 saturated carbocycles. The molecule has 0 spiro atoms. The molecule has 0 N–H and O–H groups in total. The van der Waals surface area contributed by atoms with E-state index in [2.05, 4.69) is 12.7 Å². The Balaban J connectivity index is 2.55. The smallest absolute Gasteiger partial charge is 0.0912 e. The van der Waals surface area contributed by atoms with Crippen LogP contribution in [0.4, 0.5) is 0 Å². The molecule has 64 valence electrons. The summed E-state index contributed by atoms with van der Waals surface area (Å²) in [5.41, 5.74) is 1.07. The monoisotopic (exact) mass is 169 g/mol. The molecular formula is C12H11N. The first-order valence-electron chi connectivity index (χ1n) is 4.11. The van der Waals surface area contributed by atoms with Crippen molar-refractivity contribution in [1.82, 2.24) is 0 Å². The summed E-state index contributed by atoms with van der Waals surface area (Å²) in [6, 6.07) is 1.93. The Morgan fingerprint density at radius 1 is 1.38 bits per heavy atom. The second-order valence-electron chi connectivity index (χ2n) is 2.72. The summed E-state index contributed by atoms with van der Waals surface area (Å²) in [4.78, 5) is 0. The summed E-state index contributed by atoms with van der Waals surface area (Å²) in [6.07, 6.45) is 15.1. The van der Waals surface area contributed by atoms with Crippen LogP contribution in [0.1, 0.15) is 0 Å². The van der Waals surface area contributed by atoms with E-state index in [4.69, 9.17) is 5.26 Å². The highest BCUT2D eigenvalue weighted by atomic mass is 14.2. The molecule has 1 rings (SSSR count). The van der Waals surface area contributed by atoms with Gasteiger partial charge in [-0.3, -0.25) is 0 Å². The first-order valence-corrected chi connectivity index (χ1v) is 4.11. The summed E-state index contributed by atoms with van der Waals surface area (Å²) in [7, 11) is 0. The van der Waals surface area contributed by atoms with Crippen molar-refractivity contribution < 1.29 is 0 Å². The number of allylic oxidation sites excluding steroid dienone is 9. The van der Waals surface area contributed by atoms with Crippen molar-refractivity contribution in [2.24, 2.45) is 5.92 Å². The van der Waals surface area contributed by atoms with Gasteiger partial charge in [0.2, 0.25) is 0 Å². The average Bonchev–Trinajstić information content (AvgIpc) is 2.15. The Labute approximate surface area is 78.7 Å². The summed E-state index contributed by atoms with van der Waals surface area (Å²) in [5.74, 6) is 0.272. The second-order valence-corrected chi connectivity index (χ2v) is 2.72. The van der Waals surface area contributed by atoms with Crippen LogP contribution in [0.15, 0.2) is 60.8 Å². The molecule has 0 aromatic rings. The molecule has 1 aliphatic carbocycles. The van der Waals surface area contributed by atoms with Gasteiger partial charge < -0.3 is 0 Å². The molecular weight excluding hydrogens is 158 g/mol. The van der Waals surface area contributed by atoms with Crippen molar-refractivity contribution in [2.45, 2.75) is 0 Å². The highest BCUT2D eigenvalue weighted by Crippen LogP contribution is 2.17. The number of nitrogens with zero attached hydrogens (tertiary/aromatic N) is 1. The number of nitriles is 1. The van der Waals surface area contributed by atoms with Crippen LogP contribution >= 0.6 is 0 Å². The van der Waals surface area contributed by atoms with E-state index in [9.17, 15) is 0 Å². The molecule has 0 heterocycles. The van der Waals surface area contributed by atoms with Crippen molar-refractivity contribution in [3.63, 3.8) is 0 Å². The predicted molar refractivity (Wildman–Crippen MR) is 54.8 cm³/mol. The molecule has 13 heavy (non-hydrogen) atoms. The van der Waals surface area contributed by atoms with Crippen LogP contribution < -0.4 is 0 Å². The molecule has 1 unspecified atom stereocenters. The molecule has 0 saturated heterocycles. The Morgan fingerprint density at radius 3 is 2.92 bits per heavy atom. The van der Waals surface area contributed by atoms with Crippen LogP contribution in [-0.2, 0) is 0 Å². The molecule has 1 nitrogen and oxygen atoms in total. The minimum absolute atomic E-state index is 0.272. The molecule has 0 aromatic heterocycles. The summed E-state index contributed by atoms with van der Waals surface area (Å²) < 4.78 is 0. The van der Waals surface area contributed by atoms with Gasteiger partial charge in [-0.2, -0.15) is 5.26 Å². The lowest BCUT2D eigenvalue weighted by Gasteiger charge is -2.09. The van der Waals surface area contributed by atoms with E-state index in [-0.39, 0.29) is 5.92 Å². The maximum absolute atomic E-state index is 8.24. The number of rotatable bonds is 2. The number of hydrogen-bond donors (Lipinski definition) is 0. The minimum atomic E-state index is 0.272. The topological polar surface area (TPSA) is 23.8 Å². The lowest BCUT2D eigenvalue weighted by atomic mass is 9.96. The Kier molecular flexibility index (Phi) is 3.53. The van der Waals surface area contributed by atoms with E-state index in [0.717, 1.165) is 5.57 Å². The average molecular weight is 169 g/mol. The molecule has 0 amide bonds. The fourth-order valence-electron chi connectivity index (χ4n) is 1.07.